The summed E-state index contributed by atoms with van der Waals surface area (Å²) in [5.74, 6) is 0.478. The Morgan fingerprint density at radius 3 is 2.71 bits per heavy atom. The summed E-state index contributed by atoms with van der Waals surface area (Å²) in [5.41, 5.74) is 8.54. The van der Waals surface area contributed by atoms with Crippen LogP contribution in [0.15, 0.2) is 48.8 Å². The lowest BCUT2D eigenvalue weighted by Gasteiger charge is -2.07. The maximum Gasteiger partial charge on any atom is 0.317 e. The average molecular weight is 318 g/mol. The summed E-state index contributed by atoms with van der Waals surface area (Å²) in [6.07, 6.45) is 3.11. The van der Waals surface area contributed by atoms with Gasteiger partial charge in [0.15, 0.2) is 0 Å². The lowest BCUT2D eigenvalue weighted by molar-refractivity contribution is 0.259. The second-order valence-electron chi connectivity index (χ2n) is 5.13. The maximum atomic E-state index is 11.4. The van der Waals surface area contributed by atoms with Crippen LogP contribution in [-0.2, 0) is 0 Å². The minimum Gasteiger partial charge on any atom is -0.351 e. The van der Waals surface area contributed by atoms with E-state index in [1.54, 1.807) is 16.9 Å². The van der Waals surface area contributed by atoms with Gasteiger partial charge in [0.2, 0.25) is 0 Å². The van der Waals surface area contributed by atoms with Gasteiger partial charge in [-0.15, -0.1) is 0 Å². The van der Waals surface area contributed by atoms with Crippen molar-refractivity contribution in [3.8, 4) is 23.0 Å². The summed E-state index contributed by atoms with van der Waals surface area (Å²) in [7, 11) is 0. The Kier molecular flexibility index (Phi) is 3.95. The molecule has 118 valence electrons. The number of nitrogens with two attached hydrogens (primary N) is 1. The van der Waals surface area contributed by atoms with E-state index in [1.165, 1.54) is 6.20 Å². The van der Waals surface area contributed by atoms with Gasteiger partial charge in [0.1, 0.15) is 11.9 Å². The van der Waals surface area contributed by atoms with Crippen LogP contribution in [0.25, 0.3) is 16.9 Å². The van der Waals surface area contributed by atoms with Crippen molar-refractivity contribution in [1.82, 2.24) is 14.8 Å². The van der Waals surface area contributed by atoms with Gasteiger partial charge in [-0.1, -0.05) is 18.2 Å². The van der Waals surface area contributed by atoms with Crippen molar-refractivity contribution in [3.05, 3.63) is 59.9 Å². The number of benzene rings is 1. The van der Waals surface area contributed by atoms with Gasteiger partial charge in [0.25, 0.3) is 0 Å². The van der Waals surface area contributed by atoms with Gasteiger partial charge >= 0.3 is 6.03 Å². The van der Waals surface area contributed by atoms with Gasteiger partial charge in [-0.25, -0.2) is 9.48 Å². The van der Waals surface area contributed by atoms with Crippen molar-refractivity contribution in [2.45, 2.75) is 6.92 Å². The smallest absolute Gasteiger partial charge is 0.317 e. The summed E-state index contributed by atoms with van der Waals surface area (Å²) in [6.45, 7) is 1.83. The Labute approximate surface area is 138 Å². The van der Waals surface area contributed by atoms with Gasteiger partial charge in [0, 0.05) is 23.5 Å². The topological polar surface area (TPSA) is 110 Å². The summed E-state index contributed by atoms with van der Waals surface area (Å²) in [6, 6.07) is 12.5. The minimum atomic E-state index is -0.675. The third kappa shape index (κ3) is 2.80. The zero-order chi connectivity index (χ0) is 17.1. The van der Waals surface area contributed by atoms with E-state index in [0.717, 1.165) is 11.3 Å². The second-order valence-corrected chi connectivity index (χ2v) is 5.13. The number of amides is 2. The van der Waals surface area contributed by atoms with Crippen molar-refractivity contribution >= 4 is 11.8 Å². The van der Waals surface area contributed by atoms with Crippen molar-refractivity contribution in [2.75, 3.05) is 5.32 Å². The van der Waals surface area contributed by atoms with Crippen LogP contribution in [0.3, 0.4) is 0 Å². The Hall–Kier alpha value is -3.66. The maximum absolute atomic E-state index is 11.4. The molecule has 1 aromatic carbocycles. The zero-order valence-electron chi connectivity index (χ0n) is 12.9. The molecule has 2 amide bonds. The molecule has 3 N–H and O–H groups in total. The van der Waals surface area contributed by atoms with Crippen LogP contribution in [0.5, 0.6) is 0 Å². The van der Waals surface area contributed by atoms with E-state index in [4.69, 9.17) is 11.0 Å². The van der Waals surface area contributed by atoms with Crippen LogP contribution in [0.1, 0.15) is 11.1 Å². The third-order valence-corrected chi connectivity index (χ3v) is 3.51. The normalized spacial score (nSPS) is 10.2. The quantitative estimate of drug-likeness (QED) is 0.773. The summed E-state index contributed by atoms with van der Waals surface area (Å²) >= 11 is 0. The van der Waals surface area contributed by atoms with Gasteiger partial charge in [0.05, 0.1) is 16.9 Å². The van der Waals surface area contributed by atoms with Gasteiger partial charge in [-0.3, -0.25) is 10.3 Å². The van der Waals surface area contributed by atoms with Crippen LogP contribution >= 0.6 is 0 Å². The molecule has 2 heterocycles. The van der Waals surface area contributed by atoms with Gasteiger partial charge in [-0.2, -0.15) is 10.4 Å². The largest absolute Gasteiger partial charge is 0.351 e. The molecule has 0 fully saturated rings. The molecule has 3 rings (SSSR count). The predicted molar refractivity (Wildman–Crippen MR) is 89.5 cm³/mol. The fourth-order valence-electron chi connectivity index (χ4n) is 2.42. The van der Waals surface area contributed by atoms with Crippen LogP contribution in [0.2, 0.25) is 0 Å². The van der Waals surface area contributed by atoms with Crippen LogP contribution in [-0.4, -0.2) is 20.8 Å². The molecule has 0 spiro atoms. The van der Waals surface area contributed by atoms with Gasteiger partial charge in [-0.05, 0) is 25.1 Å². The molecule has 0 aliphatic rings. The van der Waals surface area contributed by atoms with Gasteiger partial charge < -0.3 is 5.73 Å². The molecule has 0 saturated carbocycles. The molecule has 0 aliphatic heterocycles. The molecular weight excluding hydrogens is 304 g/mol. The molecule has 0 saturated heterocycles. The first-order valence-corrected chi connectivity index (χ1v) is 7.17. The van der Waals surface area contributed by atoms with E-state index in [-0.39, 0.29) is 0 Å². The lowest BCUT2D eigenvalue weighted by Crippen LogP contribution is -2.21. The molecule has 0 aliphatic carbocycles. The second kappa shape index (κ2) is 6.22. The first-order valence-electron chi connectivity index (χ1n) is 7.17. The number of hydrogen-bond acceptors (Lipinski definition) is 4. The number of hydrogen-bond donors (Lipinski definition) is 2. The SMILES string of the molecule is Cc1c(-c2cncc(C#N)c2)nn(-c2ccccc2)c1NC(N)=O. The Balaban J connectivity index is 2.20. The number of anilines is 1. The van der Waals surface area contributed by atoms with E-state index in [1.807, 2.05) is 37.3 Å². The van der Waals surface area contributed by atoms with E-state index in [2.05, 4.69) is 21.5 Å². The number of para-hydroxylation sites is 1. The number of nitrogens with one attached hydrogen (secondary N) is 1. The number of aromatic nitrogens is 3. The molecule has 0 bridgehead atoms. The fraction of sp³-hybridized carbons (Fsp3) is 0.0588. The van der Waals surface area contributed by atoms with Crippen molar-refractivity contribution < 1.29 is 4.79 Å². The summed E-state index contributed by atoms with van der Waals surface area (Å²) < 4.78 is 1.61. The molecule has 0 radical (unpaired) electrons. The number of carbonyl (C=O) groups is 1. The highest BCUT2D eigenvalue weighted by Gasteiger charge is 2.18. The van der Waals surface area contributed by atoms with Crippen LogP contribution in [0, 0.1) is 18.3 Å². The van der Waals surface area contributed by atoms with Crippen molar-refractivity contribution in [1.29, 1.82) is 5.26 Å². The summed E-state index contributed by atoms with van der Waals surface area (Å²) in [4.78, 5) is 15.4. The first kappa shape index (κ1) is 15.2. The first-order chi connectivity index (χ1) is 11.6. The molecule has 7 nitrogen and oxygen atoms in total. The lowest BCUT2D eigenvalue weighted by atomic mass is 10.1. The average Bonchev–Trinajstić information content (AvgIpc) is 2.92. The molecule has 0 atom stereocenters. The summed E-state index contributed by atoms with van der Waals surface area (Å²) in [5, 5.41) is 16.2. The van der Waals surface area contributed by atoms with Crippen molar-refractivity contribution in [3.63, 3.8) is 0 Å². The molecule has 0 unspecified atom stereocenters. The standard InChI is InChI=1S/C17H14N6O/c1-11-15(13-7-12(8-18)9-20-10-13)22-23(16(11)21-17(19)24)14-5-3-2-4-6-14/h2-7,9-10H,1H3,(H3,19,21,24). The van der Waals surface area contributed by atoms with Crippen LogP contribution < -0.4 is 11.1 Å². The number of nitrogens with zero attached hydrogens (tertiary/aromatic N) is 4. The highest BCUT2D eigenvalue weighted by molar-refractivity contribution is 5.89. The predicted octanol–water partition coefficient (Wildman–Crippen LogP) is 2.60. The number of urea groups is 1. The minimum absolute atomic E-state index is 0.436. The van der Waals surface area contributed by atoms with Crippen LogP contribution in [0.4, 0.5) is 10.6 Å². The molecule has 24 heavy (non-hydrogen) atoms. The highest BCUT2D eigenvalue weighted by atomic mass is 16.2. The fourth-order valence-corrected chi connectivity index (χ4v) is 2.42. The number of nitriles is 1. The molecular formula is C17H14N6O. The highest BCUT2D eigenvalue weighted by Crippen LogP contribution is 2.30. The van der Waals surface area contributed by atoms with E-state index < -0.39 is 6.03 Å². The van der Waals surface area contributed by atoms with Crippen molar-refractivity contribution in [2.24, 2.45) is 5.73 Å². The van der Waals surface area contributed by atoms with E-state index in [9.17, 15) is 4.79 Å². The van der Waals surface area contributed by atoms with E-state index >= 15 is 0 Å². The number of pyridine rings is 1. The van der Waals surface area contributed by atoms with E-state index in [0.29, 0.717) is 22.6 Å². The Morgan fingerprint density at radius 1 is 1.29 bits per heavy atom. The zero-order valence-corrected chi connectivity index (χ0v) is 12.9. The third-order valence-electron chi connectivity index (χ3n) is 3.51. The molecule has 7 heteroatoms. The molecule has 3 aromatic rings. The number of carbonyl (C=O) groups excluding carboxylic acids is 1. The Morgan fingerprint density at radius 2 is 2.04 bits per heavy atom. The number of rotatable bonds is 3. The Bertz CT molecular complexity index is 939. The number of primary amides is 1. The molecule has 2 aromatic heterocycles. The monoisotopic (exact) mass is 318 g/mol.